The van der Waals surface area contributed by atoms with Crippen molar-refractivity contribution in [2.45, 2.75) is 6.10 Å². The van der Waals surface area contributed by atoms with Gasteiger partial charge in [0.1, 0.15) is 5.75 Å². The van der Waals surface area contributed by atoms with Gasteiger partial charge < -0.3 is 14.4 Å². The van der Waals surface area contributed by atoms with Crippen LogP contribution in [0.1, 0.15) is 11.7 Å². The van der Waals surface area contributed by atoms with E-state index >= 15 is 0 Å². The van der Waals surface area contributed by atoms with Gasteiger partial charge in [-0.25, -0.2) is 0 Å². The van der Waals surface area contributed by atoms with E-state index in [2.05, 4.69) is 0 Å². The molecule has 0 aromatic heterocycles. The number of hydrogen-bond acceptors (Lipinski definition) is 3. The molecule has 0 saturated carbocycles. The number of carbonyl (C=O) groups excluding carboxylic acids is 1. The van der Waals surface area contributed by atoms with E-state index < -0.39 is 6.10 Å². The summed E-state index contributed by atoms with van der Waals surface area (Å²) in [7, 11) is 0. The molecule has 4 heteroatoms. The Bertz CT molecular complexity index is 883. The van der Waals surface area contributed by atoms with E-state index in [0.717, 1.165) is 22.1 Å². The fourth-order valence-electron chi connectivity index (χ4n) is 3.26. The zero-order chi connectivity index (χ0) is 17.8. The van der Waals surface area contributed by atoms with Crippen LogP contribution in [0.3, 0.4) is 0 Å². The van der Waals surface area contributed by atoms with Gasteiger partial charge in [0.2, 0.25) is 6.10 Å². The van der Waals surface area contributed by atoms with Crippen LogP contribution in [0.15, 0.2) is 72.8 Å². The highest BCUT2D eigenvalue weighted by Gasteiger charge is 2.29. The molecule has 132 valence electrons. The van der Waals surface area contributed by atoms with Crippen molar-refractivity contribution in [2.75, 3.05) is 26.3 Å². The second-order valence-electron chi connectivity index (χ2n) is 6.32. The molecular formula is C22H21NO3. The molecule has 3 aromatic rings. The average molecular weight is 347 g/mol. The fraction of sp³-hybridized carbons (Fsp3) is 0.227. The Kier molecular flexibility index (Phi) is 4.84. The van der Waals surface area contributed by atoms with Crippen molar-refractivity contribution in [3.8, 4) is 5.75 Å². The third-order valence-electron chi connectivity index (χ3n) is 4.64. The average Bonchev–Trinajstić information content (AvgIpc) is 2.73. The smallest absolute Gasteiger partial charge is 0.268 e. The van der Waals surface area contributed by atoms with Gasteiger partial charge in [-0.3, -0.25) is 4.79 Å². The second kappa shape index (κ2) is 7.58. The Morgan fingerprint density at radius 3 is 2.38 bits per heavy atom. The lowest BCUT2D eigenvalue weighted by atomic mass is 10.1. The highest BCUT2D eigenvalue weighted by Crippen LogP contribution is 2.30. The number of rotatable bonds is 4. The minimum Gasteiger partial charge on any atom is -0.475 e. The first-order valence-corrected chi connectivity index (χ1v) is 8.89. The maximum Gasteiger partial charge on any atom is 0.268 e. The van der Waals surface area contributed by atoms with Crippen molar-refractivity contribution in [1.29, 1.82) is 0 Å². The summed E-state index contributed by atoms with van der Waals surface area (Å²) in [4.78, 5) is 15.0. The van der Waals surface area contributed by atoms with Crippen LogP contribution in [-0.4, -0.2) is 37.1 Å². The molecule has 4 nitrogen and oxygen atoms in total. The summed E-state index contributed by atoms with van der Waals surface area (Å²) in [6.07, 6.45) is -0.667. The number of ether oxygens (including phenoxy) is 2. The quantitative estimate of drug-likeness (QED) is 0.720. The molecule has 1 aliphatic heterocycles. The van der Waals surface area contributed by atoms with Crippen molar-refractivity contribution < 1.29 is 14.3 Å². The molecule has 0 bridgehead atoms. The number of nitrogens with zero attached hydrogens (tertiary/aromatic N) is 1. The molecule has 1 saturated heterocycles. The monoisotopic (exact) mass is 347 g/mol. The van der Waals surface area contributed by atoms with E-state index in [1.165, 1.54) is 0 Å². The summed E-state index contributed by atoms with van der Waals surface area (Å²) in [5, 5.41) is 2.10. The first-order valence-electron chi connectivity index (χ1n) is 8.89. The molecule has 3 aromatic carbocycles. The third-order valence-corrected chi connectivity index (χ3v) is 4.64. The molecule has 0 unspecified atom stereocenters. The van der Waals surface area contributed by atoms with E-state index in [0.29, 0.717) is 26.3 Å². The van der Waals surface area contributed by atoms with E-state index in [-0.39, 0.29) is 5.91 Å². The van der Waals surface area contributed by atoms with Crippen molar-refractivity contribution in [3.63, 3.8) is 0 Å². The number of benzene rings is 3. The summed E-state index contributed by atoms with van der Waals surface area (Å²) in [5.74, 6) is 0.700. The summed E-state index contributed by atoms with van der Waals surface area (Å²) >= 11 is 0. The number of amides is 1. The maximum atomic E-state index is 13.2. The fourth-order valence-corrected chi connectivity index (χ4v) is 3.26. The van der Waals surface area contributed by atoms with E-state index in [4.69, 9.17) is 9.47 Å². The van der Waals surface area contributed by atoms with Crippen LogP contribution in [0.5, 0.6) is 5.75 Å². The minimum atomic E-state index is -0.667. The molecular weight excluding hydrogens is 326 g/mol. The van der Waals surface area contributed by atoms with Gasteiger partial charge >= 0.3 is 0 Å². The van der Waals surface area contributed by atoms with Gasteiger partial charge in [-0.1, -0.05) is 66.7 Å². The van der Waals surface area contributed by atoms with Gasteiger partial charge in [-0.15, -0.1) is 0 Å². The van der Waals surface area contributed by atoms with Crippen molar-refractivity contribution in [3.05, 3.63) is 78.4 Å². The Morgan fingerprint density at radius 2 is 1.58 bits per heavy atom. The topological polar surface area (TPSA) is 38.8 Å². The summed E-state index contributed by atoms with van der Waals surface area (Å²) in [5.41, 5.74) is 0.858. The molecule has 1 aliphatic rings. The van der Waals surface area contributed by atoms with Crippen molar-refractivity contribution in [1.82, 2.24) is 4.90 Å². The Morgan fingerprint density at radius 1 is 0.885 bits per heavy atom. The molecule has 0 N–H and O–H groups in total. The zero-order valence-corrected chi connectivity index (χ0v) is 14.5. The number of hydrogen-bond donors (Lipinski definition) is 0. The van der Waals surface area contributed by atoms with Crippen LogP contribution in [0.4, 0.5) is 0 Å². The van der Waals surface area contributed by atoms with E-state index in [1.54, 1.807) is 0 Å². The maximum absolute atomic E-state index is 13.2. The standard InChI is InChI=1S/C22H21NO3/c24-22(23-13-15-25-16-14-23)21(18-8-2-1-3-9-18)26-20-12-6-10-17-7-4-5-11-19(17)20/h1-12,21H,13-16H2/t21-/m0/s1. The highest BCUT2D eigenvalue weighted by molar-refractivity contribution is 5.89. The molecule has 0 spiro atoms. The minimum absolute atomic E-state index is 0.0209. The van der Waals surface area contributed by atoms with Crippen molar-refractivity contribution >= 4 is 16.7 Å². The molecule has 4 rings (SSSR count). The largest absolute Gasteiger partial charge is 0.475 e. The number of fused-ring (bicyclic) bond motifs is 1. The Hall–Kier alpha value is -2.85. The SMILES string of the molecule is O=C([C@@H](Oc1cccc2ccccc12)c1ccccc1)N1CCOCC1. The third kappa shape index (κ3) is 3.41. The number of morpholine rings is 1. The first kappa shape index (κ1) is 16.6. The van der Waals surface area contributed by atoms with Crippen LogP contribution in [0.25, 0.3) is 10.8 Å². The molecule has 1 heterocycles. The lowest BCUT2D eigenvalue weighted by Crippen LogP contribution is -2.44. The predicted molar refractivity (Wildman–Crippen MR) is 101 cm³/mol. The Labute approximate surface area is 153 Å². The van der Waals surface area contributed by atoms with Crippen molar-refractivity contribution in [2.24, 2.45) is 0 Å². The van der Waals surface area contributed by atoms with Gasteiger partial charge in [-0.2, -0.15) is 0 Å². The molecule has 0 aliphatic carbocycles. The van der Waals surface area contributed by atoms with Gasteiger partial charge in [0.05, 0.1) is 13.2 Å². The van der Waals surface area contributed by atoms with Gasteiger partial charge in [0.15, 0.2) is 0 Å². The molecule has 0 radical (unpaired) electrons. The lowest BCUT2D eigenvalue weighted by Gasteiger charge is -2.31. The predicted octanol–water partition coefficient (Wildman–Crippen LogP) is 3.82. The lowest BCUT2D eigenvalue weighted by molar-refractivity contribution is -0.143. The van der Waals surface area contributed by atoms with Crippen LogP contribution in [0, 0.1) is 0 Å². The van der Waals surface area contributed by atoms with E-state index in [9.17, 15) is 4.79 Å². The first-order chi connectivity index (χ1) is 12.8. The molecule has 1 atom stereocenters. The summed E-state index contributed by atoms with van der Waals surface area (Å²) in [6, 6.07) is 23.7. The normalized spacial score (nSPS) is 15.6. The van der Waals surface area contributed by atoms with Crippen LogP contribution < -0.4 is 4.74 Å². The Balaban J connectivity index is 1.69. The molecule has 1 amide bonds. The zero-order valence-electron chi connectivity index (χ0n) is 14.5. The van der Waals surface area contributed by atoms with Gasteiger partial charge in [0.25, 0.3) is 5.91 Å². The molecule has 1 fully saturated rings. The highest BCUT2D eigenvalue weighted by atomic mass is 16.5. The van der Waals surface area contributed by atoms with Crippen LogP contribution >= 0.6 is 0 Å². The second-order valence-corrected chi connectivity index (χ2v) is 6.32. The van der Waals surface area contributed by atoms with Gasteiger partial charge in [-0.05, 0) is 11.5 Å². The molecule has 26 heavy (non-hydrogen) atoms. The summed E-state index contributed by atoms with van der Waals surface area (Å²) < 4.78 is 11.7. The van der Waals surface area contributed by atoms with E-state index in [1.807, 2.05) is 77.7 Å². The number of carbonyl (C=O) groups is 1. The van der Waals surface area contributed by atoms with Gasteiger partial charge in [0, 0.05) is 24.0 Å². The van der Waals surface area contributed by atoms with Crippen LogP contribution in [0.2, 0.25) is 0 Å². The summed E-state index contributed by atoms with van der Waals surface area (Å²) in [6.45, 7) is 2.34. The van der Waals surface area contributed by atoms with Crippen LogP contribution in [-0.2, 0) is 9.53 Å².